The van der Waals surface area contributed by atoms with Crippen LogP contribution >= 0.6 is 11.6 Å². The van der Waals surface area contributed by atoms with Crippen molar-refractivity contribution in [2.24, 2.45) is 0 Å². The van der Waals surface area contributed by atoms with Crippen LogP contribution in [0, 0.1) is 0 Å². The quantitative estimate of drug-likeness (QED) is 0.739. The van der Waals surface area contributed by atoms with E-state index in [1.165, 1.54) is 6.26 Å². The summed E-state index contributed by atoms with van der Waals surface area (Å²) in [6, 6.07) is 3.47. The minimum Gasteiger partial charge on any atom is -0.480 e. The van der Waals surface area contributed by atoms with Gasteiger partial charge in [-0.3, -0.25) is 4.79 Å². The fourth-order valence-corrected chi connectivity index (χ4v) is 0.818. The molecule has 1 heterocycles. The van der Waals surface area contributed by atoms with E-state index in [1.54, 1.807) is 12.1 Å². The van der Waals surface area contributed by atoms with Gasteiger partial charge in [0.05, 0.1) is 12.9 Å². The van der Waals surface area contributed by atoms with Crippen molar-refractivity contribution in [1.82, 2.24) is 0 Å². The lowest BCUT2D eigenvalue weighted by atomic mass is 10.4. The lowest BCUT2D eigenvalue weighted by Gasteiger charge is -2.03. The lowest BCUT2D eigenvalue weighted by Crippen LogP contribution is -2.19. The first kappa shape index (κ1) is 10.1. The number of carboxylic acids is 1. The Labute approximate surface area is 80.1 Å². The van der Waals surface area contributed by atoms with E-state index in [0.717, 1.165) is 0 Å². The molecule has 13 heavy (non-hydrogen) atoms. The zero-order chi connectivity index (χ0) is 9.68. The Morgan fingerprint density at radius 2 is 2.54 bits per heavy atom. The Balaban J connectivity index is 2.18. The highest BCUT2D eigenvalue weighted by Gasteiger charge is 2.13. The standard InChI is InChI=1S/C8H9ClO4/c9-7(8(10)11)5-12-4-6-2-1-3-13-6/h1-3,7H,4-5H2,(H,10,11). The predicted octanol–water partition coefficient (Wildman–Crippen LogP) is 1.49. The number of carbonyl (C=O) groups is 1. The molecule has 1 aromatic heterocycles. The zero-order valence-corrected chi connectivity index (χ0v) is 7.53. The van der Waals surface area contributed by atoms with Gasteiger partial charge in [-0.15, -0.1) is 11.6 Å². The highest BCUT2D eigenvalue weighted by atomic mass is 35.5. The van der Waals surface area contributed by atoms with E-state index in [-0.39, 0.29) is 13.2 Å². The van der Waals surface area contributed by atoms with E-state index in [4.69, 9.17) is 25.9 Å². The summed E-state index contributed by atoms with van der Waals surface area (Å²) in [7, 11) is 0. The van der Waals surface area contributed by atoms with Crippen molar-refractivity contribution in [3.63, 3.8) is 0 Å². The van der Waals surface area contributed by atoms with Gasteiger partial charge in [0.25, 0.3) is 0 Å². The van der Waals surface area contributed by atoms with E-state index in [9.17, 15) is 4.79 Å². The molecule has 72 valence electrons. The number of halogens is 1. The third-order valence-corrected chi connectivity index (χ3v) is 1.67. The molecule has 1 aromatic rings. The van der Waals surface area contributed by atoms with E-state index >= 15 is 0 Å². The molecule has 0 aliphatic rings. The first-order chi connectivity index (χ1) is 6.20. The van der Waals surface area contributed by atoms with Gasteiger partial charge in [-0.25, -0.2) is 0 Å². The normalized spacial score (nSPS) is 12.7. The van der Waals surface area contributed by atoms with Crippen molar-refractivity contribution >= 4 is 17.6 Å². The number of furan rings is 1. The first-order valence-electron chi connectivity index (χ1n) is 3.67. The van der Waals surface area contributed by atoms with Gasteiger partial charge in [-0.2, -0.15) is 0 Å². The number of aliphatic carboxylic acids is 1. The molecule has 0 aliphatic heterocycles. The molecule has 4 nitrogen and oxygen atoms in total. The highest BCUT2D eigenvalue weighted by Crippen LogP contribution is 2.04. The fourth-order valence-electron chi connectivity index (χ4n) is 0.729. The maximum Gasteiger partial charge on any atom is 0.324 e. The summed E-state index contributed by atoms with van der Waals surface area (Å²) in [5.74, 6) is -0.435. The Morgan fingerprint density at radius 1 is 1.77 bits per heavy atom. The van der Waals surface area contributed by atoms with Crippen molar-refractivity contribution in [1.29, 1.82) is 0 Å². The van der Waals surface area contributed by atoms with Crippen molar-refractivity contribution < 1.29 is 19.1 Å². The number of alkyl halides is 1. The van der Waals surface area contributed by atoms with Crippen LogP contribution in [0.4, 0.5) is 0 Å². The maximum absolute atomic E-state index is 10.3. The SMILES string of the molecule is O=C(O)C(Cl)COCc1ccco1. The second-order valence-electron chi connectivity index (χ2n) is 2.40. The van der Waals surface area contributed by atoms with E-state index in [0.29, 0.717) is 5.76 Å². The molecular weight excluding hydrogens is 196 g/mol. The minimum absolute atomic E-state index is 0.0302. The van der Waals surface area contributed by atoms with Crippen LogP contribution < -0.4 is 0 Å². The van der Waals surface area contributed by atoms with Crippen LogP contribution in [-0.2, 0) is 16.1 Å². The fraction of sp³-hybridized carbons (Fsp3) is 0.375. The average molecular weight is 205 g/mol. The monoisotopic (exact) mass is 204 g/mol. The average Bonchev–Trinajstić information content (AvgIpc) is 2.56. The highest BCUT2D eigenvalue weighted by molar-refractivity contribution is 6.29. The summed E-state index contributed by atoms with van der Waals surface area (Å²) in [6.45, 7) is 0.209. The Kier molecular flexibility index (Phi) is 3.79. The number of hydrogen-bond acceptors (Lipinski definition) is 3. The predicted molar refractivity (Wildman–Crippen MR) is 45.6 cm³/mol. The van der Waals surface area contributed by atoms with Crippen LogP contribution in [0.25, 0.3) is 0 Å². The van der Waals surface area contributed by atoms with Crippen LogP contribution in [0.15, 0.2) is 22.8 Å². The van der Waals surface area contributed by atoms with Crippen molar-refractivity contribution in [2.75, 3.05) is 6.61 Å². The third kappa shape index (κ3) is 3.48. The van der Waals surface area contributed by atoms with Crippen molar-refractivity contribution in [3.8, 4) is 0 Å². The molecule has 0 radical (unpaired) electrons. The van der Waals surface area contributed by atoms with E-state index in [1.807, 2.05) is 0 Å². The van der Waals surface area contributed by atoms with E-state index in [2.05, 4.69) is 0 Å². The van der Waals surface area contributed by atoms with Crippen LogP contribution in [0.1, 0.15) is 5.76 Å². The Hall–Kier alpha value is -1.00. The van der Waals surface area contributed by atoms with Crippen molar-refractivity contribution in [3.05, 3.63) is 24.2 Å². The maximum atomic E-state index is 10.3. The van der Waals surface area contributed by atoms with Crippen molar-refractivity contribution in [2.45, 2.75) is 12.0 Å². The van der Waals surface area contributed by atoms with Crippen LogP contribution in [0.3, 0.4) is 0 Å². The smallest absolute Gasteiger partial charge is 0.324 e. The zero-order valence-electron chi connectivity index (χ0n) is 6.77. The molecule has 0 fully saturated rings. The molecule has 0 spiro atoms. The molecule has 1 unspecified atom stereocenters. The molecular formula is C8H9ClO4. The van der Waals surface area contributed by atoms with Crippen LogP contribution in [0.2, 0.25) is 0 Å². The number of rotatable bonds is 5. The topological polar surface area (TPSA) is 59.7 Å². The summed E-state index contributed by atoms with van der Waals surface area (Å²) in [6.07, 6.45) is 1.52. The summed E-state index contributed by atoms with van der Waals surface area (Å²) >= 11 is 5.40. The minimum atomic E-state index is -1.08. The van der Waals surface area contributed by atoms with Gasteiger partial charge in [0.1, 0.15) is 12.4 Å². The largest absolute Gasteiger partial charge is 0.480 e. The molecule has 1 atom stereocenters. The molecule has 1 rings (SSSR count). The van der Waals surface area contributed by atoms with Gasteiger partial charge in [-0.1, -0.05) is 0 Å². The summed E-state index contributed by atoms with van der Waals surface area (Å²) in [4.78, 5) is 10.3. The summed E-state index contributed by atoms with van der Waals surface area (Å²) < 4.78 is 9.95. The van der Waals surface area contributed by atoms with Gasteiger partial charge < -0.3 is 14.3 Å². The molecule has 0 saturated carbocycles. The molecule has 0 aliphatic carbocycles. The molecule has 0 saturated heterocycles. The van der Waals surface area contributed by atoms with Crippen LogP contribution in [-0.4, -0.2) is 23.1 Å². The summed E-state index contributed by atoms with van der Waals surface area (Å²) in [5.41, 5.74) is 0. The molecule has 0 bridgehead atoms. The number of hydrogen-bond donors (Lipinski definition) is 1. The first-order valence-corrected chi connectivity index (χ1v) is 4.11. The van der Waals surface area contributed by atoms with E-state index < -0.39 is 11.3 Å². The summed E-state index contributed by atoms with van der Waals surface area (Å²) in [5, 5.41) is 7.40. The lowest BCUT2D eigenvalue weighted by molar-refractivity contribution is -0.137. The van der Waals surface area contributed by atoms with Gasteiger partial charge in [0.2, 0.25) is 0 Å². The van der Waals surface area contributed by atoms with Gasteiger partial charge >= 0.3 is 5.97 Å². The van der Waals surface area contributed by atoms with Gasteiger partial charge in [-0.05, 0) is 12.1 Å². The molecule has 5 heteroatoms. The second-order valence-corrected chi connectivity index (χ2v) is 2.93. The second kappa shape index (κ2) is 4.89. The molecule has 1 N–H and O–H groups in total. The Bertz CT molecular complexity index is 257. The third-order valence-electron chi connectivity index (χ3n) is 1.36. The number of carboxylic acid groups (broad SMARTS) is 1. The number of ether oxygens (including phenoxy) is 1. The van der Waals surface area contributed by atoms with Gasteiger partial charge in [0, 0.05) is 0 Å². The molecule has 0 amide bonds. The Morgan fingerprint density at radius 3 is 3.08 bits per heavy atom. The van der Waals surface area contributed by atoms with Gasteiger partial charge in [0.15, 0.2) is 5.38 Å². The molecule has 0 aromatic carbocycles. The van der Waals surface area contributed by atoms with Crippen LogP contribution in [0.5, 0.6) is 0 Å².